The van der Waals surface area contributed by atoms with Gasteiger partial charge in [-0.15, -0.1) is 11.6 Å². The van der Waals surface area contributed by atoms with Crippen LogP contribution < -0.4 is 0 Å². The summed E-state index contributed by atoms with van der Waals surface area (Å²) in [4.78, 5) is 0. The lowest BCUT2D eigenvalue weighted by atomic mass is 9.96. The Labute approximate surface area is 113 Å². The molecule has 2 heteroatoms. The van der Waals surface area contributed by atoms with Gasteiger partial charge in [0, 0.05) is 6.61 Å². The van der Waals surface area contributed by atoms with Crippen LogP contribution in [0.3, 0.4) is 0 Å². The van der Waals surface area contributed by atoms with Crippen molar-refractivity contribution in [3.63, 3.8) is 0 Å². The highest BCUT2D eigenvalue weighted by Gasteiger charge is 2.26. The molecule has 1 aliphatic heterocycles. The van der Waals surface area contributed by atoms with Crippen molar-refractivity contribution in [2.75, 3.05) is 6.61 Å². The second-order valence-corrected chi connectivity index (χ2v) is 5.44. The Bertz CT molecular complexity index is 558. The van der Waals surface area contributed by atoms with Crippen LogP contribution in [0.2, 0.25) is 0 Å². The molecule has 1 saturated heterocycles. The molecule has 0 aromatic heterocycles. The number of alkyl halides is 1. The van der Waals surface area contributed by atoms with Crippen LogP contribution in [0.5, 0.6) is 0 Å². The molecule has 0 bridgehead atoms. The average Bonchev–Trinajstić information content (AvgIpc) is 2.93. The molecule has 2 atom stereocenters. The van der Waals surface area contributed by atoms with Gasteiger partial charge in [0.2, 0.25) is 0 Å². The number of halogens is 1. The maximum Gasteiger partial charge on any atom is 0.0853 e. The van der Waals surface area contributed by atoms with Gasteiger partial charge in [0.1, 0.15) is 0 Å². The van der Waals surface area contributed by atoms with Gasteiger partial charge in [0.25, 0.3) is 0 Å². The molecule has 2 aromatic rings. The van der Waals surface area contributed by atoms with E-state index in [2.05, 4.69) is 43.3 Å². The van der Waals surface area contributed by atoms with Crippen LogP contribution >= 0.6 is 11.6 Å². The van der Waals surface area contributed by atoms with Crippen LogP contribution in [-0.4, -0.2) is 12.7 Å². The number of hydrogen-bond donors (Lipinski definition) is 0. The van der Waals surface area contributed by atoms with Crippen LogP contribution in [0.4, 0.5) is 0 Å². The van der Waals surface area contributed by atoms with Gasteiger partial charge in [-0.3, -0.25) is 0 Å². The molecule has 94 valence electrons. The van der Waals surface area contributed by atoms with Crippen LogP contribution in [0.15, 0.2) is 36.4 Å². The van der Waals surface area contributed by atoms with E-state index < -0.39 is 0 Å². The zero-order chi connectivity index (χ0) is 12.5. The van der Waals surface area contributed by atoms with Gasteiger partial charge < -0.3 is 4.74 Å². The third-order valence-electron chi connectivity index (χ3n) is 3.76. The van der Waals surface area contributed by atoms with Gasteiger partial charge in [-0.25, -0.2) is 0 Å². The van der Waals surface area contributed by atoms with Gasteiger partial charge in [0.15, 0.2) is 0 Å². The normalized spacial score (nSPS) is 21.3. The van der Waals surface area contributed by atoms with Gasteiger partial charge in [0.05, 0.1) is 11.5 Å². The second-order valence-electron chi connectivity index (χ2n) is 4.97. The number of fused-ring (bicyclic) bond motifs is 1. The van der Waals surface area contributed by atoms with Crippen molar-refractivity contribution in [3.05, 3.63) is 47.5 Å². The topological polar surface area (TPSA) is 9.23 Å². The Morgan fingerprint density at radius 3 is 2.67 bits per heavy atom. The zero-order valence-corrected chi connectivity index (χ0v) is 11.3. The standard InChI is InChI=1S/C16H17ClO/c1-11-8-9-14(13-6-3-2-5-12(11)13)16(17)15-7-4-10-18-15/h2-3,5-6,8-9,15-16H,4,7,10H2,1H3. The van der Waals surface area contributed by atoms with Crippen molar-refractivity contribution >= 4 is 22.4 Å². The van der Waals surface area contributed by atoms with Crippen LogP contribution in [-0.2, 0) is 4.74 Å². The summed E-state index contributed by atoms with van der Waals surface area (Å²) in [6, 6.07) is 12.8. The van der Waals surface area contributed by atoms with Gasteiger partial charge in [-0.1, -0.05) is 36.4 Å². The predicted molar refractivity (Wildman–Crippen MR) is 76.3 cm³/mol. The summed E-state index contributed by atoms with van der Waals surface area (Å²) in [7, 11) is 0. The minimum absolute atomic E-state index is 0.0435. The van der Waals surface area contributed by atoms with Crippen LogP contribution in [0, 0.1) is 6.92 Å². The van der Waals surface area contributed by atoms with E-state index in [0.29, 0.717) is 0 Å². The minimum Gasteiger partial charge on any atom is -0.376 e. The van der Waals surface area contributed by atoms with Crippen molar-refractivity contribution in [2.45, 2.75) is 31.2 Å². The third kappa shape index (κ3) is 2.02. The molecule has 0 radical (unpaired) electrons. The summed E-state index contributed by atoms with van der Waals surface area (Å²) >= 11 is 6.62. The quantitative estimate of drug-likeness (QED) is 0.717. The zero-order valence-electron chi connectivity index (χ0n) is 10.5. The van der Waals surface area contributed by atoms with Crippen LogP contribution in [0.25, 0.3) is 10.8 Å². The Morgan fingerprint density at radius 2 is 1.94 bits per heavy atom. The van der Waals surface area contributed by atoms with E-state index in [9.17, 15) is 0 Å². The lowest BCUT2D eigenvalue weighted by molar-refractivity contribution is 0.108. The molecule has 1 heterocycles. The van der Waals surface area contributed by atoms with Crippen molar-refractivity contribution in [1.29, 1.82) is 0 Å². The van der Waals surface area contributed by atoms with Crippen molar-refractivity contribution in [2.24, 2.45) is 0 Å². The highest BCUT2D eigenvalue weighted by Crippen LogP contribution is 2.36. The van der Waals surface area contributed by atoms with Crippen molar-refractivity contribution in [1.82, 2.24) is 0 Å². The minimum atomic E-state index is -0.0435. The van der Waals surface area contributed by atoms with E-state index in [-0.39, 0.29) is 11.5 Å². The second kappa shape index (κ2) is 4.91. The first-order valence-corrected chi connectivity index (χ1v) is 6.95. The fourth-order valence-electron chi connectivity index (χ4n) is 2.75. The molecular formula is C16H17ClO. The third-order valence-corrected chi connectivity index (χ3v) is 4.28. The molecule has 0 aliphatic carbocycles. The van der Waals surface area contributed by atoms with Crippen molar-refractivity contribution in [3.8, 4) is 0 Å². The van der Waals surface area contributed by atoms with Gasteiger partial charge >= 0.3 is 0 Å². The van der Waals surface area contributed by atoms with Crippen LogP contribution in [0.1, 0.15) is 29.3 Å². The van der Waals surface area contributed by atoms with Gasteiger partial charge in [-0.2, -0.15) is 0 Å². The molecule has 0 saturated carbocycles. The first-order valence-electron chi connectivity index (χ1n) is 6.51. The fraction of sp³-hybridized carbons (Fsp3) is 0.375. The predicted octanol–water partition coefficient (Wildman–Crippen LogP) is 4.61. The van der Waals surface area contributed by atoms with E-state index in [4.69, 9.17) is 16.3 Å². The summed E-state index contributed by atoms with van der Waals surface area (Å²) in [5, 5.41) is 2.50. The maximum atomic E-state index is 6.62. The highest BCUT2D eigenvalue weighted by molar-refractivity contribution is 6.22. The summed E-state index contributed by atoms with van der Waals surface area (Å²) in [6.45, 7) is 2.99. The molecule has 0 N–H and O–H groups in total. The Kier molecular flexibility index (Phi) is 3.27. The SMILES string of the molecule is Cc1ccc(C(Cl)C2CCCO2)c2ccccc12. The molecular weight excluding hydrogens is 244 g/mol. The summed E-state index contributed by atoms with van der Waals surface area (Å²) in [6.07, 6.45) is 2.35. The number of benzene rings is 2. The first-order chi connectivity index (χ1) is 8.77. The number of aryl methyl sites for hydroxylation is 1. The summed E-state index contributed by atoms with van der Waals surface area (Å²) in [5.41, 5.74) is 2.50. The number of ether oxygens (including phenoxy) is 1. The molecule has 3 rings (SSSR count). The Morgan fingerprint density at radius 1 is 1.17 bits per heavy atom. The van der Waals surface area contributed by atoms with E-state index in [1.54, 1.807) is 0 Å². The fourth-order valence-corrected chi connectivity index (χ4v) is 3.14. The molecule has 1 nitrogen and oxygen atoms in total. The lowest BCUT2D eigenvalue weighted by Crippen LogP contribution is -2.13. The monoisotopic (exact) mass is 260 g/mol. The summed E-state index contributed by atoms with van der Waals surface area (Å²) < 4.78 is 5.72. The molecule has 1 aliphatic rings. The van der Waals surface area contributed by atoms with E-state index in [1.165, 1.54) is 21.9 Å². The lowest BCUT2D eigenvalue weighted by Gasteiger charge is -2.19. The van der Waals surface area contributed by atoms with Crippen molar-refractivity contribution < 1.29 is 4.74 Å². The van der Waals surface area contributed by atoms with E-state index >= 15 is 0 Å². The maximum absolute atomic E-state index is 6.62. The largest absolute Gasteiger partial charge is 0.376 e. The van der Waals surface area contributed by atoms with E-state index in [0.717, 1.165) is 19.4 Å². The van der Waals surface area contributed by atoms with Gasteiger partial charge in [-0.05, 0) is 41.7 Å². The highest BCUT2D eigenvalue weighted by atomic mass is 35.5. The number of hydrogen-bond acceptors (Lipinski definition) is 1. The molecule has 2 unspecified atom stereocenters. The first kappa shape index (κ1) is 12.0. The molecule has 0 spiro atoms. The summed E-state index contributed by atoms with van der Waals surface area (Å²) in [5.74, 6) is 0. The number of rotatable bonds is 2. The smallest absolute Gasteiger partial charge is 0.0853 e. The molecule has 0 amide bonds. The molecule has 2 aromatic carbocycles. The Balaban J connectivity index is 2.08. The Hall–Kier alpha value is -1.05. The average molecular weight is 261 g/mol. The van der Waals surface area contributed by atoms with E-state index in [1.807, 2.05) is 0 Å². The molecule has 18 heavy (non-hydrogen) atoms. The molecule has 1 fully saturated rings.